The van der Waals surface area contributed by atoms with E-state index in [9.17, 15) is 31.1 Å². The van der Waals surface area contributed by atoms with Crippen LogP contribution >= 0.6 is 0 Å². The fourth-order valence-corrected chi connectivity index (χ4v) is 1.63. The highest BCUT2D eigenvalue weighted by atomic mass is 19.4. The van der Waals surface area contributed by atoms with E-state index < -0.39 is 47.4 Å². The number of nitrogens with zero attached hydrogens (tertiary/aromatic N) is 4. The molecule has 1 aromatic heterocycles. The van der Waals surface area contributed by atoms with Crippen LogP contribution in [0.4, 0.5) is 26.3 Å². The minimum absolute atomic E-state index is 0.0365. The number of carboxylic acids is 1. The molecule has 0 saturated heterocycles. The molecule has 12 heteroatoms. The first-order valence-electron chi connectivity index (χ1n) is 5.76. The van der Waals surface area contributed by atoms with Crippen molar-refractivity contribution in [1.29, 1.82) is 0 Å². The lowest BCUT2D eigenvalue weighted by molar-refractivity contribution is -0.143. The van der Waals surface area contributed by atoms with Crippen molar-refractivity contribution in [1.82, 2.24) is 20.2 Å². The summed E-state index contributed by atoms with van der Waals surface area (Å²) in [6.45, 7) is -0.738. The van der Waals surface area contributed by atoms with Crippen LogP contribution < -0.4 is 0 Å². The molecule has 2 aromatic rings. The van der Waals surface area contributed by atoms with Crippen LogP contribution in [-0.4, -0.2) is 31.3 Å². The minimum atomic E-state index is -5.01. The van der Waals surface area contributed by atoms with Crippen LogP contribution in [0, 0.1) is 0 Å². The van der Waals surface area contributed by atoms with Gasteiger partial charge in [-0.15, -0.1) is 10.2 Å². The average molecular weight is 340 g/mol. The van der Waals surface area contributed by atoms with Crippen molar-refractivity contribution in [3.8, 4) is 11.4 Å². The molecule has 0 radical (unpaired) electrons. The van der Waals surface area contributed by atoms with Gasteiger partial charge in [0.15, 0.2) is 6.54 Å². The molecule has 1 N–H and O–H groups in total. The lowest BCUT2D eigenvalue weighted by Gasteiger charge is -2.12. The number of tetrazole rings is 1. The number of carbonyl (C=O) groups is 1. The molecule has 2 rings (SSSR count). The largest absolute Gasteiger partial charge is 0.480 e. The number of aliphatic carboxylic acids is 1. The Hall–Kier alpha value is -2.66. The Morgan fingerprint density at radius 2 is 1.57 bits per heavy atom. The van der Waals surface area contributed by atoms with Gasteiger partial charge in [0.2, 0.25) is 5.82 Å². The standard InChI is InChI=1S/C11H6F6N4O2/c12-10(13,14)6-1-5(2-7(3-6)11(15,16)17)9-18-20-21(19-9)4-8(22)23/h1-3H,4H2,(H,22,23). The molecule has 0 spiro atoms. The van der Waals surface area contributed by atoms with Gasteiger partial charge in [0, 0.05) is 5.56 Å². The number of carboxylic acid groups (broad SMARTS) is 1. The van der Waals surface area contributed by atoms with Gasteiger partial charge in [-0.05, 0) is 23.4 Å². The highest BCUT2D eigenvalue weighted by Gasteiger charge is 2.37. The number of alkyl halides is 6. The quantitative estimate of drug-likeness (QED) is 0.868. The number of benzene rings is 1. The smallest absolute Gasteiger partial charge is 0.416 e. The number of aromatic nitrogens is 4. The zero-order valence-electron chi connectivity index (χ0n) is 10.9. The van der Waals surface area contributed by atoms with E-state index in [4.69, 9.17) is 5.11 Å². The molecule has 0 saturated carbocycles. The summed E-state index contributed by atoms with van der Waals surface area (Å²) in [5.74, 6) is -1.91. The van der Waals surface area contributed by atoms with E-state index in [-0.39, 0.29) is 6.07 Å². The van der Waals surface area contributed by atoms with E-state index in [0.29, 0.717) is 16.9 Å². The third-order valence-electron chi connectivity index (χ3n) is 2.58. The highest BCUT2D eigenvalue weighted by molar-refractivity contribution is 5.66. The van der Waals surface area contributed by atoms with Crippen LogP contribution in [0.1, 0.15) is 11.1 Å². The van der Waals surface area contributed by atoms with Crippen molar-refractivity contribution in [2.45, 2.75) is 18.9 Å². The Labute approximate surface area is 123 Å². The van der Waals surface area contributed by atoms with Gasteiger partial charge in [0.25, 0.3) is 0 Å². The maximum absolute atomic E-state index is 12.7. The van der Waals surface area contributed by atoms with Gasteiger partial charge in [0.05, 0.1) is 11.1 Å². The maximum Gasteiger partial charge on any atom is 0.416 e. The number of halogens is 6. The summed E-state index contributed by atoms with van der Waals surface area (Å²) in [4.78, 5) is 11.0. The molecule has 0 amide bonds. The molecule has 0 atom stereocenters. The topological polar surface area (TPSA) is 80.9 Å². The molecular formula is C11H6F6N4O2. The molecule has 1 heterocycles. The number of hydrogen-bond acceptors (Lipinski definition) is 4. The van der Waals surface area contributed by atoms with Crippen LogP contribution in [0.2, 0.25) is 0 Å². The molecule has 6 nitrogen and oxygen atoms in total. The molecule has 0 unspecified atom stereocenters. The fourth-order valence-electron chi connectivity index (χ4n) is 1.63. The van der Waals surface area contributed by atoms with Crippen LogP contribution in [0.5, 0.6) is 0 Å². The van der Waals surface area contributed by atoms with Gasteiger partial charge in [-0.25, -0.2) is 0 Å². The van der Waals surface area contributed by atoms with Crippen molar-refractivity contribution >= 4 is 5.97 Å². The first-order chi connectivity index (χ1) is 10.5. The first kappa shape index (κ1) is 16.7. The predicted octanol–water partition coefficient (Wildman–Crippen LogP) is 2.46. The molecule has 0 fully saturated rings. The van der Waals surface area contributed by atoms with Crippen LogP contribution in [0.25, 0.3) is 11.4 Å². The average Bonchev–Trinajstić information content (AvgIpc) is 2.83. The van der Waals surface area contributed by atoms with E-state index in [1.807, 2.05) is 0 Å². The van der Waals surface area contributed by atoms with Gasteiger partial charge in [-0.1, -0.05) is 0 Å². The van der Waals surface area contributed by atoms with Crippen LogP contribution in [-0.2, 0) is 23.7 Å². The SMILES string of the molecule is O=C(O)Cn1nnc(-c2cc(C(F)(F)F)cc(C(F)(F)F)c2)n1. The van der Waals surface area contributed by atoms with Crippen molar-refractivity contribution in [2.75, 3.05) is 0 Å². The van der Waals surface area contributed by atoms with E-state index in [1.54, 1.807) is 0 Å². The van der Waals surface area contributed by atoms with Gasteiger partial charge >= 0.3 is 18.3 Å². The summed E-state index contributed by atoms with van der Waals surface area (Å²) in [6, 6.07) is 0.819. The normalized spacial score (nSPS) is 12.4. The van der Waals surface area contributed by atoms with E-state index in [0.717, 1.165) is 0 Å². The van der Waals surface area contributed by atoms with E-state index >= 15 is 0 Å². The lowest BCUT2D eigenvalue weighted by Crippen LogP contribution is -2.12. The Balaban J connectivity index is 2.53. The van der Waals surface area contributed by atoms with Crippen molar-refractivity contribution in [3.63, 3.8) is 0 Å². The summed E-state index contributed by atoms with van der Waals surface area (Å²) in [5.41, 5.74) is -3.64. The molecule has 124 valence electrons. The van der Waals surface area contributed by atoms with E-state index in [1.165, 1.54) is 0 Å². The molecule has 0 bridgehead atoms. The minimum Gasteiger partial charge on any atom is -0.480 e. The van der Waals surface area contributed by atoms with Gasteiger partial charge < -0.3 is 5.11 Å². The monoisotopic (exact) mass is 340 g/mol. The molecule has 1 aromatic carbocycles. The highest BCUT2D eigenvalue weighted by Crippen LogP contribution is 2.37. The second kappa shape index (κ2) is 5.52. The Kier molecular flexibility index (Phi) is 4.01. The molecule has 23 heavy (non-hydrogen) atoms. The van der Waals surface area contributed by atoms with Crippen molar-refractivity contribution in [2.24, 2.45) is 0 Å². The number of rotatable bonds is 3. The molecule has 0 aliphatic heterocycles. The summed E-state index contributed by atoms with van der Waals surface area (Å²) in [7, 11) is 0. The number of hydrogen-bond donors (Lipinski definition) is 1. The molecule has 0 aliphatic carbocycles. The fraction of sp³-hybridized carbons (Fsp3) is 0.273. The third-order valence-corrected chi connectivity index (χ3v) is 2.58. The summed E-state index contributed by atoms with van der Waals surface area (Å²) in [5, 5.41) is 18.5. The van der Waals surface area contributed by atoms with Gasteiger partial charge in [-0.2, -0.15) is 31.1 Å². The third kappa shape index (κ3) is 3.96. The van der Waals surface area contributed by atoms with Gasteiger partial charge in [0.1, 0.15) is 0 Å². The molecular weight excluding hydrogens is 334 g/mol. The summed E-state index contributed by atoms with van der Waals surface area (Å²) in [6.07, 6.45) is -10.0. The second-order valence-electron chi connectivity index (χ2n) is 4.33. The zero-order valence-corrected chi connectivity index (χ0v) is 10.9. The van der Waals surface area contributed by atoms with E-state index in [2.05, 4.69) is 15.4 Å². The summed E-state index contributed by atoms with van der Waals surface area (Å²) < 4.78 is 76.3. The Morgan fingerprint density at radius 3 is 2.00 bits per heavy atom. The predicted molar refractivity (Wildman–Crippen MR) is 60.9 cm³/mol. The first-order valence-corrected chi connectivity index (χ1v) is 5.76. The maximum atomic E-state index is 12.7. The Morgan fingerprint density at radius 1 is 1.04 bits per heavy atom. The second-order valence-corrected chi connectivity index (χ2v) is 4.33. The van der Waals surface area contributed by atoms with Crippen LogP contribution in [0.15, 0.2) is 18.2 Å². The zero-order chi connectivity index (χ0) is 17.4. The van der Waals surface area contributed by atoms with Crippen molar-refractivity contribution in [3.05, 3.63) is 29.3 Å². The summed E-state index contributed by atoms with van der Waals surface area (Å²) >= 11 is 0. The van der Waals surface area contributed by atoms with Gasteiger partial charge in [-0.3, -0.25) is 4.79 Å². The molecule has 0 aliphatic rings. The van der Waals surface area contributed by atoms with Crippen LogP contribution in [0.3, 0.4) is 0 Å². The van der Waals surface area contributed by atoms with Crippen molar-refractivity contribution < 1.29 is 36.2 Å². The Bertz CT molecular complexity index is 705. The lowest BCUT2D eigenvalue weighted by atomic mass is 10.0.